The average Bonchev–Trinajstić information content (AvgIpc) is 2.30. The molecule has 0 aliphatic carbocycles. The summed E-state index contributed by atoms with van der Waals surface area (Å²) in [7, 11) is 0. The van der Waals surface area contributed by atoms with Crippen molar-refractivity contribution in [1.82, 2.24) is 15.4 Å². The first-order chi connectivity index (χ1) is 8.20. The molecule has 4 nitrogen and oxygen atoms in total. The largest absolute Gasteiger partial charge is 0.271 e. The number of nitrogens with zero attached hydrogens (tertiary/aromatic N) is 2. The van der Waals surface area contributed by atoms with Gasteiger partial charge in [-0.05, 0) is 36.2 Å². The van der Waals surface area contributed by atoms with Gasteiger partial charge in [0.25, 0.3) is 0 Å². The van der Waals surface area contributed by atoms with Gasteiger partial charge in [-0.3, -0.25) is 5.84 Å². The average molecular weight is 232 g/mol. The van der Waals surface area contributed by atoms with Gasteiger partial charge in [-0.1, -0.05) is 6.07 Å². The van der Waals surface area contributed by atoms with E-state index in [-0.39, 0.29) is 11.9 Å². The van der Waals surface area contributed by atoms with Crippen molar-refractivity contribution >= 4 is 0 Å². The summed E-state index contributed by atoms with van der Waals surface area (Å²) < 4.78 is 13.3. The maximum atomic E-state index is 13.3. The van der Waals surface area contributed by atoms with Crippen molar-refractivity contribution in [3.8, 4) is 0 Å². The van der Waals surface area contributed by atoms with Gasteiger partial charge in [0.05, 0.1) is 11.7 Å². The maximum absolute atomic E-state index is 13.3. The molecule has 1 aromatic heterocycles. The fraction of sp³-hybridized carbons (Fsp3) is 0.167. The zero-order chi connectivity index (χ0) is 12.3. The highest BCUT2D eigenvalue weighted by atomic mass is 19.1. The van der Waals surface area contributed by atoms with E-state index in [1.165, 1.54) is 18.5 Å². The van der Waals surface area contributed by atoms with Crippen molar-refractivity contribution < 1.29 is 4.39 Å². The van der Waals surface area contributed by atoms with Gasteiger partial charge in [0, 0.05) is 6.20 Å². The van der Waals surface area contributed by atoms with Crippen LogP contribution in [-0.4, -0.2) is 9.97 Å². The molecule has 2 aromatic rings. The smallest absolute Gasteiger partial charge is 0.123 e. The van der Waals surface area contributed by atoms with Crippen molar-refractivity contribution in [2.24, 2.45) is 5.84 Å². The molecule has 3 N–H and O–H groups in total. The van der Waals surface area contributed by atoms with E-state index in [0.29, 0.717) is 5.69 Å². The van der Waals surface area contributed by atoms with Gasteiger partial charge in [0.2, 0.25) is 0 Å². The maximum Gasteiger partial charge on any atom is 0.123 e. The van der Waals surface area contributed by atoms with Crippen LogP contribution in [0.1, 0.15) is 22.9 Å². The van der Waals surface area contributed by atoms with E-state index in [2.05, 4.69) is 15.4 Å². The normalized spacial score (nSPS) is 12.4. The SMILES string of the molecule is Cc1cc(F)cc(C(NN)c2ccncn2)c1. The van der Waals surface area contributed by atoms with E-state index in [1.54, 1.807) is 12.3 Å². The van der Waals surface area contributed by atoms with Crippen LogP contribution >= 0.6 is 0 Å². The number of aromatic nitrogens is 2. The molecule has 17 heavy (non-hydrogen) atoms. The molecule has 0 saturated carbocycles. The lowest BCUT2D eigenvalue weighted by Gasteiger charge is -2.16. The Balaban J connectivity index is 2.42. The van der Waals surface area contributed by atoms with Crippen LogP contribution in [0.5, 0.6) is 0 Å². The molecule has 2 rings (SSSR count). The zero-order valence-electron chi connectivity index (χ0n) is 9.39. The summed E-state index contributed by atoms with van der Waals surface area (Å²) in [6, 6.07) is 6.18. The molecule has 0 radical (unpaired) electrons. The number of hydrogen-bond acceptors (Lipinski definition) is 4. The van der Waals surface area contributed by atoms with E-state index in [1.807, 2.05) is 13.0 Å². The molecular formula is C12H13FN4. The molecule has 1 aromatic carbocycles. The van der Waals surface area contributed by atoms with E-state index in [4.69, 9.17) is 5.84 Å². The molecule has 0 spiro atoms. The first-order valence-corrected chi connectivity index (χ1v) is 5.20. The minimum Gasteiger partial charge on any atom is -0.271 e. The molecular weight excluding hydrogens is 219 g/mol. The highest BCUT2D eigenvalue weighted by Gasteiger charge is 2.14. The molecule has 0 aliphatic heterocycles. The Labute approximate surface area is 98.7 Å². The second-order valence-corrected chi connectivity index (χ2v) is 3.80. The summed E-state index contributed by atoms with van der Waals surface area (Å²) in [5.41, 5.74) is 4.92. The van der Waals surface area contributed by atoms with Gasteiger partial charge in [0.15, 0.2) is 0 Å². The molecule has 1 heterocycles. The number of rotatable bonds is 3. The molecule has 0 aliphatic rings. The lowest BCUT2D eigenvalue weighted by molar-refractivity contribution is 0.595. The lowest BCUT2D eigenvalue weighted by Crippen LogP contribution is -2.29. The predicted octanol–water partition coefficient (Wildman–Crippen LogP) is 1.48. The van der Waals surface area contributed by atoms with Crippen LogP contribution in [0.2, 0.25) is 0 Å². The van der Waals surface area contributed by atoms with Gasteiger partial charge < -0.3 is 0 Å². The number of nitrogens with two attached hydrogens (primary N) is 1. The molecule has 0 amide bonds. The second-order valence-electron chi connectivity index (χ2n) is 3.80. The Morgan fingerprint density at radius 1 is 1.35 bits per heavy atom. The summed E-state index contributed by atoms with van der Waals surface area (Å²) in [4.78, 5) is 7.95. The fourth-order valence-electron chi connectivity index (χ4n) is 1.76. The fourth-order valence-corrected chi connectivity index (χ4v) is 1.76. The number of halogens is 1. The third-order valence-corrected chi connectivity index (χ3v) is 2.47. The van der Waals surface area contributed by atoms with E-state index in [9.17, 15) is 4.39 Å². The second kappa shape index (κ2) is 4.99. The predicted molar refractivity (Wildman–Crippen MR) is 62.3 cm³/mol. The van der Waals surface area contributed by atoms with Crippen LogP contribution in [-0.2, 0) is 0 Å². The number of hydrazine groups is 1. The van der Waals surface area contributed by atoms with Crippen LogP contribution in [0, 0.1) is 12.7 Å². The quantitative estimate of drug-likeness (QED) is 0.621. The molecule has 1 atom stereocenters. The van der Waals surface area contributed by atoms with Gasteiger partial charge in [-0.15, -0.1) is 0 Å². The van der Waals surface area contributed by atoms with Gasteiger partial charge in [-0.25, -0.2) is 19.8 Å². The van der Waals surface area contributed by atoms with Gasteiger partial charge in [0.1, 0.15) is 12.1 Å². The summed E-state index contributed by atoms with van der Waals surface area (Å²) in [6.07, 6.45) is 3.06. The third-order valence-electron chi connectivity index (χ3n) is 2.47. The van der Waals surface area contributed by atoms with Crippen LogP contribution < -0.4 is 11.3 Å². The molecule has 0 saturated heterocycles. The van der Waals surface area contributed by atoms with Crippen LogP contribution in [0.3, 0.4) is 0 Å². The van der Waals surface area contributed by atoms with Crippen molar-refractivity contribution in [3.05, 3.63) is 59.4 Å². The summed E-state index contributed by atoms with van der Waals surface area (Å²) >= 11 is 0. The summed E-state index contributed by atoms with van der Waals surface area (Å²) in [6.45, 7) is 1.83. The summed E-state index contributed by atoms with van der Waals surface area (Å²) in [5.74, 6) is 5.22. The van der Waals surface area contributed by atoms with Crippen LogP contribution in [0.15, 0.2) is 36.8 Å². The first kappa shape index (κ1) is 11.6. The number of aryl methyl sites for hydroxylation is 1. The van der Waals surface area contributed by atoms with Crippen molar-refractivity contribution in [1.29, 1.82) is 0 Å². The molecule has 88 valence electrons. The molecule has 0 fully saturated rings. The van der Waals surface area contributed by atoms with Crippen LogP contribution in [0.25, 0.3) is 0 Å². The standard InChI is InChI=1S/C12H13FN4/c1-8-4-9(6-10(13)5-8)12(17-14)11-2-3-15-7-16-11/h2-7,12,17H,14H2,1H3. The lowest BCUT2D eigenvalue weighted by atomic mass is 10.0. The van der Waals surface area contributed by atoms with E-state index in [0.717, 1.165) is 11.1 Å². The van der Waals surface area contributed by atoms with Crippen molar-refractivity contribution in [3.63, 3.8) is 0 Å². The van der Waals surface area contributed by atoms with Crippen LogP contribution in [0.4, 0.5) is 4.39 Å². The minimum absolute atomic E-state index is 0.283. The van der Waals surface area contributed by atoms with E-state index < -0.39 is 0 Å². The number of nitrogens with one attached hydrogen (secondary N) is 1. The highest BCUT2D eigenvalue weighted by molar-refractivity contribution is 5.31. The Kier molecular flexibility index (Phi) is 3.41. The number of benzene rings is 1. The topological polar surface area (TPSA) is 63.8 Å². The first-order valence-electron chi connectivity index (χ1n) is 5.20. The molecule has 5 heteroatoms. The molecule has 0 bridgehead atoms. The third kappa shape index (κ3) is 2.64. The summed E-state index contributed by atoms with van der Waals surface area (Å²) in [5, 5.41) is 0. The van der Waals surface area contributed by atoms with E-state index >= 15 is 0 Å². The Bertz CT molecular complexity index is 481. The van der Waals surface area contributed by atoms with Crippen molar-refractivity contribution in [2.45, 2.75) is 13.0 Å². The Morgan fingerprint density at radius 3 is 2.76 bits per heavy atom. The highest BCUT2D eigenvalue weighted by Crippen LogP contribution is 2.21. The zero-order valence-corrected chi connectivity index (χ0v) is 9.39. The van der Waals surface area contributed by atoms with Crippen molar-refractivity contribution in [2.75, 3.05) is 0 Å². The minimum atomic E-state index is -0.340. The Hall–Kier alpha value is -1.85. The van der Waals surface area contributed by atoms with Gasteiger partial charge >= 0.3 is 0 Å². The number of hydrogen-bond donors (Lipinski definition) is 2. The molecule has 1 unspecified atom stereocenters. The Morgan fingerprint density at radius 2 is 2.18 bits per heavy atom. The van der Waals surface area contributed by atoms with Gasteiger partial charge in [-0.2, -0.15) is 0 Å². The monoisotopic (exact) mass is 232 g/mol.